The standard InChI is InChI=1S/C37H69N9O10S2/c1-7-37(6,35(56)41-21-28(3)47)27-36(4,5)34(55)42-23-30(49)40-22-29(48)38-9-19-57-58-20-10-39-31(50)24-44-15-17-45(25-32(51)52)13-11-43(8-2)12-14-46(18-16-44)26-33(53)54/h28,47H,7-27H2,1-6H3,(H,38,48)(H,39,50)(H,40,49)(H,41,56)(H,42,55)(H,51,52)(H,53,54). The molecule has 0 bridgehead atoms. The fourth-order valence-corrected chi connectivity index (χ4v) is 7.99. The van der Waals surface area contributed by atoms with Crippen molar-refractivity contribution in [1.29, 1.82) is 0 Å². The highest BCUT2D eigenvalue weighted by Crippen LogP contribution is 2.37. The highest BCUT2D eigenvalue weighted by atomic mass is 33.1. The van der Waals surface area contributed by atoms with Gasteiger partial charge < -0.3 is 46.8 Å². The van der Waals surface area contributed by atoms with Gasteiger partial charge in [0.15, 0.2) is 0 Å². The molecule has 0 saturated carbocycles. The molecular formula is C37H69N9O10S2. The van der Waals surface area contributed by atoms with E-state index in [9.17, 15) is 48.9 Å². The maximum Gasteiger partial charge on any atom is 0.317 e. The van der Waals surface area contributed by atoms with Crippen molar-refractivity contribution in [2.24, 2.45) is 10.8 Å². The first-order valence-corrected chi connectivity index (χ1v) is 22.4. The Bertz CT molecular complexity index is 1300. The maximum atomic E-state index is 12.9. The van der Waals surface area contributed by atoms with Crippen molar-refractivity contribution in [3.05, 3.63) is 0 Å². The van der Waals surface area contributed by atoms with Gasteiger partial charge in [-0.05, 0) is 26.3 Å². The van der Waals surface area contributed by atoms with Crippen LogP contribution < -0.4 is 26.6 Å². The molecule has 1 aliphatic rings. The summed E-state index contributed by atoms with van der Waals surface area (Å²) in [5, 5.41) is 41.7. The lowest BCUT2D eigenvalue weighted by atomic mass is 9.71. The third-order valence-electron chi connectivity index (χ3n) is 9.75. The number of carboxylic acids is 2. The molecule has 0 aliphatic carbocycles. The van der Waals surface area contributed by atoms with Crippen LogP contribution in [0.5, 0.6) is 0 Å². The molecule has 1 heterocycles. The molecule has 334 valence electrons. The number of hydrogen-bond acceptors (Lipinski definition) is 14. The number of nitrogens with one attached hydrogen (secondary N) is 5. The zero-order chi connectivity index (χ0) is 43.7. The zero-order valence-corrected chi connectivity index (χ0v) is 36.9. The molecular weight excluding hydrogens is 795 g/mol. The van der Waals surface area contributed by atoms with Gasteiger partial charge in [-0.15, -0.1) is 0 Å². The number of carbonyl (C=O) groups is 7. The van der Waals surface area contributed by atoms with Gasteiger partial charge in [-0.2, -0.15) is 0 Å². The summed E-state index contributed by atoms with van der Waals surface area (Å²) in [4.78, 5) is 93.9. The predicted molar refractivity (Wildman–Crippen MR) is 225 cm³/mol. The van der Waals surface area contributed by atoms with Gasteiger partial charge in [0.1, 0.15) is 0 Å². The van der Waals surface area contributed by atoms with Gasteiger partial charge in [0.2, 0.25) is 29.5 Å². The summed E-state index contributed by atoms with van der Waals surface area (Å²) in [6.07, 6.45) is -0.00836. The van der Waals surface area contributed by atoms with E-state index in [1.54, 1.807) is 27.7 Å². The number of likely N-dealkylation sites (N-methyl/N-ethyl adjacent to an activating group) is 1. The second-order valence-corrected chi connectivity index (χ2v) is 18.1. The van der Waals surface area contributed by atoms with E-state index >= 15 is 0 Å². The number of carboxylic acid groups (broad SMARTS) is 2. The average molecular weight is 864 g/mol. The Hall–Kier alpha value is -3.21. The van der Waals surface area contributed by atoms with Crippen molar-refractivity contribution in [3.63, 3.8) is 0 Å². The summed E-state index contributed by atoms with van der Waals surface area (Å²) in [6.45, 7) is 15.8. The fraction of sp³-hybridized carbons (Fsp3) is 0.811. The number of amides is 5. The van der Waals surface area contributed by atoms with Crippen molar-refractivity contribution in [3.8, 4) is 0 Å². The monoisotopic (exact) mass is 863 g/mol. The number of hydrogen-bond donors (Lipinski definition) is 8. The number of aliphatic carboxylic acids is 2. The third kappa shape index (κ3) is 23.4. The van der Waals surface area contributed by atoms with Crippen LogP contribution in [-0.2, 0) is 33.6 Å². The van der Waals surface area contributed by atoms with E-state index < -0.39 is 40.7 Å². The first-order valence-electron chi connectivity index (χ1n) is 19.9. The maximum absolute atomic E-state index is 12.9. The molecule has 8 N–H and O–H groups in total. The largest absolute Gasteiger partial charge is 0.480 e. The van der Waals surface area contributed by atoms with Gasteiger partial charge in [-0.25, -0.2) is 0 Å². The van der Waals surface area contributed by atoms with E-state index in [1.165, 1.54) is 21.6 Å². The number of nitrogens with zero attached hydrogens (tertiary/aromatic N) is 4. The van der Waals surface area contributed by atoms with Gasteiger partial charge >= 0.3 is 11.9 Å². The Morgan fingerprint density at radius 1 is 0.603 bits per heavy atom. The Morgan fingerprint density at radius 3 is 1.48 bits per heavy atom. The normalized spacial score (nSPS) is 17.1. The molecule has 21 heteroatoms. The predicted octanol–water partition coefficient (Wildman–Crippen LogP) is -1.43. The topological polar surface area (TPSA) is 253 Å². The molecule has 0 spiro atoms. The van der Waals surface area contributed by atoms with Crippen molar-refractivity contribution in [2.75, 3.05) is 123 Å². The third-order valence-corrected chi connectivity index (χ3v) is 12.2. The Balaban J connectivity index is 2.38. The molecule has 2 unspecified atom stereocenters. The van der Waals surface area contributed by atoms with Crippen LogP contribution in [0.25, 0.3) is 0 Å². The molecule has 5 amide bonds. The lowest BCUT2D eigenvalue weighted by molar-refractivity contribution is -0.139. The molecule has 0 aromatic rings. The van der Waals surface area contributed by atoms with Crippen LogP contribution in [0, 0.1) is 10.8 Å². The van der Waals surface area contributed by atoms with E-state index in [4.69, 9.17) is 0 Å². The smallest absolute Gasteiger partial charge is 0.317 e. The molecule has 1 saturated heterocycles. The number of rotatable bonds is 25. The van der Waals surface area contributed by atoms with Gasteiger partial charge in [-0.3, -0.25) is 48.3 Å². The van der Waals surface area contributed by atoms with Crippen molar-refractivity contribution in [2.45, 2.75) is 60.5 Å². The molecule has 2 atom stereocenters. The molecule has 1 fully saturated rings. The van der Waals surface area contributed by atoms with E-state index in [0.717, 1.165) is 6.54 Å². The molecule has 58 heavy (non-hydrogen) atoms. The molecule has 0 aromatic carbocycles. The summed E-state index contributed by atoms with van der Waals surface area (Å²) in [5.74, 6) is -2.41. The quantitative estimate of drug-likeness (QED) is 0.0387. The molecule has 0 radical (unpaired) electrons. The van der Waals surface area contributed by atoms with Crippen LogP contribution >= 0.6 is 21.6 Å². The van der Waals surface area contributed by atoms with Gasteiger partial charge in [0.25, 0.3) is 0 Å². The Labute approximate surface area is 351 Å². The van der Waals surface area contributed by atoms with Crippen LogP contribution in [0.15, 0.2) is 0 Å². The summed E-state index contributed by atoms with van der Waals surface area (Å²) < 4.78 is 0. The number of aliphatic hydroxyl groups excluding tert-OH is 1. The lowest BCUT2D eigenvalue weighted by Gasteiger charge is -2.35. The van der Waals surface area contributed by atoms with Crippen molar-refractivity contribution < 1.29 is 48.9 Å². The molecule has 0 aromatic heterocycles. The molecule has 1 rings (SSSR count). The minimum atomic E-state index is -0.975. The Kier molecular flexibility index (Phi) is 25.8. The van der Waals surface area contributed by atoms with E-state index in [2.05, 4.69) is 31.5 Å². The second-order valence-electron chi connectivity index (χ2n) is 15.4. The van der Waals surface area contributed by atoms with Gasteiger partial charge in [0, 0.05) is 94.3 Å². The number of carbonyl (C=O) groups excluding carboxylic acids is 5. The lowest BCUT2D eigenvalue weighted by Crippen LogP contribution is -2.49. The van der Waals surface area contributed by atoms with Crippen molar-refractivity contribution in [1.82, 2.24) is 46.2 Å². The second kappa shape index (κ2) is 28.3. The minimum absolute atomic E-state index is 0.0956. The van der Waals surface area contributed by atoms with E-state index in [0.29, 0.717) is 83.4 Å². The van der Waals surface area contributed by atoms with Crippen LogP contribution in [0.3, 0.4) is 0 Å². The first kappa shape index (κ1) is 52.8. The summed E-state index contributed by atoms with van der Waals surface area (Å²) in [7, 11) is 3.04. The molecule has 19 nitrogen and oxygen atoms in total. The Morgan fingerprint density at radius 2 is 1.03 bits per heavy atom. The summed E-state index contributed by atoms with van der Waals surface area (Å²) in [6, 6.07) is 0. The van der Waals surface area contributed by atoms with Crippen molar-refractivity contribution >= 4 is 63.1 Å². The van der Waals surface area contributed by atoms with E-state index in [-0.39, 0.29) is 63.4 Å². The van der Waals surface area contributed by atoms with Gasteiger partial charge in [0.05, 0.1) is 38.8 Å². The summed E-state index contributed by atoms with van der Waals surface area (Å²) in [5.41, 5.74) is -1.84. The zero-order valence-electron chi connectivity index (χ0n) is 35.2. The van der Waals surface area contributed by atoms with E-state index in [1.807, 2.05) is 28.5 Å². The van der Waals surface area contributed by atoms with Crippen LogP contribution in [0.2, 0.25) is 0 Å². The first-order chi connectivity index (χ1) is 27.3. The van der Waals surface area contributed by atoms with Crippen LogP contribution in [0.4, 0.5) is 0 Å². The summed E-state index contributed by atoms with van der Waals surface area (Å²) >= 11 is 0. The van der Waals surface area contributed by atoms with Gasteiger partial charge in [-0.1, -0.05) is 56.2 Å². The highest BCUT2D eigenvalue weighted by molar-refractivity contribution is 8.76. The molecule has 1 aliphatic heterocycles. The van der Waals surface area contributed by atoms with Crippen LogP contribution in [-0.4, -0.2) is 205 Å². The highest BCUT2D eigenvalue weighted by Gasteiger charge is 2.41. The van der Waals surface area contributed by atoms with Crippen LogP contribution in [0.1, 0.15) is 54.4 Å². The number of aliphatic hydroxyl groups is 1. The SMILES string of the molecule is CCN1CCN(CC(=O)O)CCN(CC(=O)NCCSSCCNC(=O)CNC(=O)CNC(=O)C(C)(C)CC(C)(CC)C(=O)NCC(C)O)CCN(CC(=O)O)CC1. The minimum Gasteiger partial charge on any atom is -0.480 e. The fourth-order valence-electron chi connectivity index (χ4n) is 6.17. The average Bonchev–Trinajstić information content (AvgIpc) is 3.15.